The fraction of sp³-hybridized carbons (Fsp3) is 0.300. The standard InChI is InChI=1S/C10H10F3N5/c1-6-7(2-14)3-15-9(17-6)18-5-8(4-16-18)10(11,12)13/h3-5H,2,14H2,1H3. The highest BCUT2D eigenvalue weighted by Gasteiger charge is 2.32. The number of aromatic nitrogens is 4. The summed E-state index contributed by atoms with van der Waals surface area (Å²) < 4.78 is 38.2. The number of aryl methyl sites for hydroxylation is 1. The molecule has 2 heterocycles. The molecule has 0 amide bonds. The van der Waals surface area contributed by atoms with E-state index in [0.29, 0.717) is 5.69 Å². The summed E-state index contributed by atoms with van der Waals surface area (Å²) >= 11 is 0. The quantitative estimate of drug-likeness (QED) is 0.884. The summed E-state index contributed by atoms with van der Waals surface area (Å²) in [6.45, 7) is 1.99. The molecule has 0 aliphatic heterocycles. The van der Waals surface area contributed by atoms with Crippen LogP contribution in [0.2, 0.25) is 0 Å². The van der Waals surface area contributed by atoms with E-state index >= 15 is 0 Å². The van der Waals surface area contributed by atoms with Crippen LogP contribution in [0.3, 0.4) is 0 Å². The van der Waals surface area contributed by atoms with E-state index < -0.39 is 11.7 Å². The molecule has 0 saturated carbocycles. The molecule has 0 unspecified atom stereocenters. The van der Waals surface area contributed by atoms with E-state index in [4.69, 9.17) is 5.73 Å². The van der Waals surface area contributed by atoms with Crippen LogP contribution in [-0.2, 0) is 12.7 Å². The van der Waals surface area contributed by atoms with Gasteiger partial charge in [0.15, 0.2) is 0 Å². The highest BCUT2D eigenvalue weighted by atomic mass is 19.4. The molecule has 0 saturated heterocycles. The van der Waals surface area contributed by atoms with E-state index in [1.54, 1.807) is 6.92 Å². The Kier molecular flexibility index (Phi) is 3.04. The van der Waals surface area contributed by atoms with Crippen molar-refractivity contribution < 1.29 is 13.2 Å². The van der Waals surface area contributed by atoms with Gasteiger partial charge < -0.3 is 5.73 Å². The normalized spacial score (nSPS) is 11.8. The fourth-order valence-electron chi connectivity index (χ4n) is 1.37. The SMILES string of the molecule is Cc1nc(-n2cc(C(F)(F)F)cn2)ncc1CN. The second kappa shape index (κ2) is 4.37. The molecule has 2 N–H and O–H groups in total. The minimum absolute atomic E-state index is 0.0835. The minimum Gasteiger partial charge on any atom is -0.326 e. The first kappa shape index (κ1) is 12.5. The number of hydrogen-bond donors (Lipinski definition) is 1. The predicted molar refractivity (Wildman–Crippen MR) is 56.8 cm³/mol. The zero-order valence-electron chi connectivity index (χ0n) is 9.44. The maximum atomic E-state index is 12.4. The molecule has 96 valence electrons. The lowest BCUT2D eigenvalue weighted by Gasteiger charge is -2.04. The fourth-order valence-corrected chi connectivity index (χ4v) is 1.37. The maximum absolute atomic E-state index is 12.4. The Balaban J connectivity index is 2.38. The highest BCUT2D eigenvalue weighted by Crippen LogP contribution is 2.28. The van der Waals surface area contributed by atoms with Gasteiger partial charge in [0.05, 0.1) is 11.8 Å². The molecular formula is C10H10F3N5. The van der Waals surface area contributed by atoms with Gasteiger partial charge in [-0.2, -0.15) is 18.3 Å². The molecule has 5 nitrogen and oxygen atoms in total. The van der Waals surface area contributed by atoms with Gasteiger partial charge in [-0.25, -0.2) is 14.6 Å². The average molecular weight is 257 g/mol. The van der Waals surface area contributed by atoms with Crippen molar-refractivity contribution in [2.24, 2.45) is 5.73 Å². The van der Waals surface area contributed by atoms with Crippen molar-refractivity contribution in [2.45, 2.75) is 19.6 Å². The van der Waals surface area contributed by atoms with Gasteiger partial charge in [0.2, 0.25) is 0 Å². The Morgan fingerprint density at radius 2 is 2.06 bits per heavy atom. The van der Waals surface area contributed by atoms with Crippen LogP contribution in [0.4, 0.5) is 13.2 Å². The molecule has 0 radical (unpaired) electrons. The third kappa shape index (κ3) is 2.33. The molecule has 0 aliphatic rings. The van der Waals surface area contributed by atoms with Crippen molar-refractivity contribution in [3.8, 4) is 5.95 Å². The number of rotatable bonds is 2. The molecular weight excluding hydrogens is 247 g/mol. The Hall–Kier alpha value is -1.96. The van der Waals surface area contributed by atoms with Crippen molar-refractivity contribution in [1.29, 1.82) is 0 Å². The van der Waals surface area contributed by atoms with Crippen molar-refractivity contribution in [3.63, 3.8) is 0 Å². The van der Waals surface area contributed by atoms with Crippen molar-refractivity contribution in [1.82, 2.24) is 19.7 Å². The number of nitrogens with two attached hydrogens (primary N) is 1. The van der Waals surface area contributed by atoms with Crippen LogP contribution in [0.15, 0.2) is 18.6 Å². The molecule has 0 aliphatic carbocycles. The van der Waals surface area contributed by atoms with Gasteiger partial charge in [0.25, 0.3) is 5.95 Å². The van der Waals surface area contributed by atoms with E-state index in [1.165, 1.54) is 6.20 Å². The molecule has 0 fully saturated rings. The Bertz CT molecular complexity index is 561. The second-order valence-corrected chi connectivity index (χ2v) is 3.66. The zero-order chi connectivity index (χ0) is 13.3. The van der Waals surface area contributed by atoms with Gasteiger partial charge in [-0.1, -0.05) is 0 Å². The first-order valence-electron chi connectivity index (χ1n) is 5.06. The second-order valence-electron chi connectivity index (χ2n) is 3.66. The molecule has 0 spiro atoms. The van der Waals surface area contributed by atoms with Crippen LogP contribution in [0.1, 0.15) is 16.8 Å². The van der Waals surface area contributed by atoms with Gasteiger partial charge >= 0.3 is 6.18 Å². The lowest BCUT2D eigenvalue weighted by Crippen LogP contribution is -2.08. The minimum atomic E-state index is -4.43. The highest BCUT2D eigenvalue weighted by molar-refractivity contribution is 5.22. The summed E-state index contributed by atoms with van der Waals surface area (Å²) in [4.78, 5) is 7.97. The number of nitrogens with zero attached hydrogens (tertiary/aromatic N) is 4. The summed E-state index contributed by atoms with van der Waals surface area (Å²) in [7, 11) is 0. The van der Waals surface area contributed by atoms with E-state index in [2.05, 4.69) is 15.1 Å². The molecule has 2 aromatic rings. The first-order valence-corrected chi connectivity index (χ1v) is 5.06. The topological polar surface area (TPSA) is 69.6 Å². The summed E-state index contributed by atoms with van der Waals surface area (Å²) in [6, 6.07) is 0. The monoisotopic (exact) mass is 257 g/mol. The molecule has 2 rings (SSSR count). The maximum Gasteiger partial charge on any atom is 0.419 e. The van der Waals surface area contributed by atoms with Gasteiger partial charge in [0, 0.05) is 30.2 Å². The Morgan fingerprint density at radius 3 is 2.56 bits per heavy atom. The molecule has 18 heavy (non-hydrogen) atoms. The largest absolute Gasteiger partial charge is 0.419 e. The third-order valence-corrected chi connectivity index (χ3v) is 2.40. The van der Waals surface area contributed by atoms with Crippen LogP contribution >= 0.6 is 0 Å². The smallest absolute Gasteiger partial charge is 0.326 e. The average Bonchev–Trinajstić information content (AvgIpc) is 2.77. The van der Waals surface area contributed by atoms with Crippen LogP contribution < -0.4 is 5.73 Å². The number of halogens is 3. The van der Waals surface area contributed by atoms with Gasteiger partial charge in [-0.05, 0) is 6.92 Å². The summed E-state index contributed by atoms with van der Waals surface area (Å²) in [6.07, 6.45) is -1.37. The van der Waals surface area contributed by atoms with E-state index in [-0.39, 0.29) is 12.5 Å². The Morgan fingerprint density at radius 1 is 1.33 bits per heavy atom. The van der Waals surface area contributed by atoms with Crippen LogP contribution in [0.5, 0.6) is 0 Å². The molecule has 8 heteroatoms. The molecule has 0 bridgehead atoms. The first-order chi connectivity index (χ1) is 8.41. The van der Waals surface area contributed by atoms with Crippen molar-refractivity contribution in [3.05, 3.63) is 35.4 Å². The molecule has 0 atom stereocenters. The molecule has 0 aromatic carbocycles. The number of hydrogen-bond acceptors (Lipinski definition) is 4. The van der Waals surface area contributed by atoms with Gasteiger partial charge in [-0.15, -0.1) is 0 Å². The Labute approximate surface area is 100 Å². The lowest BCUT2D eigenvalue weighted by atomic mass is 10.2. The van der Waals surface area contributed by atoms with Crippen LogP contribution in [0.25, 0.3) is 5.95 Å². The summed E-state index contributed by atoms with van der Waals surface area (Å²) in [5, 5.41) is 3.59. The zero-order valence-corrected chi connectivity index (χ0v) is 9.44. The predicted octanol–water partition coefficient (Wildman–Crippen LogP) is 1.45. The van der Waals surface area contributed by atoms with Crippen molar-refractivity contribution >= 4 is 0 Å². The molecule has 2 aromatic heterocycles. The van der Waals surface area contributed by atoms with Gasteiger partial charge in [0.1, 0.15) is 0 Å². The van der Waals surface area contributed by atoms with E-state index in [9.17, 15) is 13.2 Å². The van der Waals surface area contributed by atoms with E-state index in [0.717, 1.165) is 22.6 Å². The van der Waals surface area contributed by atoms with Crippen LogP contribution in [0, 0.1) is 6.92 Å². The van der Waals surface area contributed by atoms with Crippen molar-refractivity contribution in [2.75, 3.05) is 0 Å². The number of alkyl halides is 3. The summed E-state index contributed by atoms with van der Waals surface area (Å²) in [5.41, 5.74) is 5.96. The third-order valence-electron chi connectivity index (χ3n) is 2.40. The van der Waals surface area contributed by atoms with Gasteiger partial charge in [-0.3, -0.25) is 0 Å². The van der Waals surface area contributed by atoms with Crippen LogP contribution in [-0.4, -0.2) is 19.7 Å². The van der Waals surface area contributed by atoms with E-state index in [1.807, 2.05) is 0 Å². The summed E-state index contributed by atoms with van der Waals surface area (Å²) in [5.74, 6) is 0.0835. The lowest BCUT2D eigenvalue weighted by molar-refractivity contribution is -0.137.